The molecular formula is C12H26N2O2S. The van der Waals surface area contributed by atoms with Crippen LogP contribution in [0.2, 0.25) is 0 Å². The Morgan fingerprint density at radius 2 is 1.82 bits per heavy atom. The van der Waals surface area contributed by atoms with Crippen molar-refractivity contribution in [1.82, 2.24) is 10.2 Å². The van der Waals surface area contributed by atoms with E-state index in [-0.39, 0.29) is 0 Å². The van der Waals surface area contributed by atoms with E-state index in [9.17, 15) is 0 Å². The maximum Gasteiger partial charge on any atom is 0.169 e. The summed E-state index contributed by atoms with van der Waals surface area (Å²) in [5, 5.41) is 4.11. The van der Waals surface area contributed by atoms with E-state index in [0.29, 0.717) is 6.61 Å². The van der Waals surface area contributed by atoms with Crippen LogP contribution in [0.25, 0.3) is 0 Å². The third kappa shape index (κ3) is 9.32. The van der Waals surface area contributed by atoms with Crippen molar-refractivity contribution in [2.45, 2.75) is 26.2 Å². The van der Waals surface area contributed by atoms with E-state index >= 15 is 0 Å². The number of hydrogen-bond donors (Lipinski definition) is 1. The number of nitrogens with zero attached hydrogens (tertiary/aromatic N) is 1. The molecule has 1 N–H and O–H groups in total. The van der Waals surface area contributed by atoms with Gasteiger partial charge in [-0.2, -0.15) is 0 Å². The summed E-state index contributed by atoms with van der Waals surface area (Å²) in [4.78, 5) is 2.15. The van der Waals surface area contributed by atoms with Crippen LogP contribution in [0.5, 0.6) is 0 Å². The van der Waals surface area contributed by atoms with Gasteiger partial charge in [0, 0.05) is 40.5 Å². The van der Waals surface area contributed by atoms with Gasteiger partial charge in [0.05, 0.1) is 6.61 Å². The number of hydrogen-bond acceptors (Lipinski definition) is 3. The number of thiocarbonyl (C=S) groups is 1. The lowest BCUT2D eigenvalue weighted by molar-refractivity contribution is 0.160. The summed E-state index contributed by atoms with van der Waals surface area (Å²) in [5.41, 5.74) is 0. The van der Waals surface area contributed by atoms with E-state index in [2.05, 4.69) is 17.1 Å². The van der Waals surface area contributed by atoms with E-state index in [0.717, 1.165) is 44.2 Å². The monoisotopic (exact) mass is 262 g/mol. The number of nitrogens with one attached hydrogen (secondary N) is 1. The maximum atomic E-state index is 5.37. The van der Waals surface area contributed by atoms with E-state index in [4.69, 9.17) is 21.7 Å². The summed E-state index contributed by atoms with van der Waals surface area (Å²) >= 11 is 5.37. The number of ether oxygens (including phenoxy) is 2. The van der Waals surface area contributed by atoms with Gasteiger partial charge in [-0.25, -0.2) is 0 Å². The molecule has 0 aromatic heterocycles. The van der Waals surface area contributed by atoms with E-state index in [1.165, 1.54) is 6.42 Å². The molecule has 4 nitrogen and oxygen atoms in total. The van der Waals surface area contributed by atoms with Gasteiger partial charge in [0.2, 0.25) is 0 Å². The minimum Gasteiger partial charge on any atom is -0.385 e. The zero-order valence-electron chi connectivity index (χ0n) is 11.3. The van der Waals surface area contributed by atoms with E-state index < -0.39 is 0 Å². The molecule has 0 bridgehead atoms. The first kappa shape index (κ1) is 16.6. The predicted molar refractivity (Wildman–Crippen MR) is 75.5 cm³/mol. The molecule has 0 spiro atoms. The second-order valence-corrected chi connectivity index (χ2v) is 4.30. The Hall–Kier alpha value is -0.390. The van der Waals surface area contributed by atoms with Crippen LogP contribution in [0.3, 0.4) is 0 Å². The van der Waals surface area contributed by atoms with Crippen LogP contribution in [-0.4, -0.2) is 57.1 Å². The summed E-state index contributed by atoms with van der Waals surface area (Å²) in [6.45, 7) is 6.33. The molecule has 0 fully saturated rings. The highest BCUT2D eigenvalue weighted by Gasteiger charge is 2.08. The van der Waals surface area contributed by atoms with Gasteiger partial charge in [-0.15, -0.1) is 0 Å². The summed E-state index contributed by atoms with van der Waals surface area (Å²) in [7, 11) is 3.43. The number of rotatable bonds is 10. The smallest absolute Gasteiger partial charge is 0.169 e. The topological polar surface area (TPSA) is 33.7 Å². The Balaban J connectivity index is 3.91. The van der Waals surface area contributed by atoms with Gasteiger partial charge in [-0.1, -0.05) is 13.3 Å². The molecule has 0 aromatic rings. The molecule has 0 heterocycles. The fourth-order valence-corrected chi connectivity index (χ4v) is 1.68. The second kappa shape index (κ2) is 12.1. The summed E-state index contributed by atoms with van der Waals surface area (Å²) in [5.74, 6) is 0. The third-order valence-electron chi connectivity index (χ3n) is 2.44. The standard InChI is InChI=1S/C12H26N2O2S/c1-4-5-7-13-12(17)14(9-11-16-3)8-6-10-15-2/h4-11H2,1-3H3,(H,13,17). The van der Waals surface area contributed by atoms with Crippen molar-refractivity contribution in [2.75, 3.05) is 47.1 Å². The molecule has 0 radical (unpaired) electrons. The lowest BCUT2D eigenvalue weighted by Gasteiger charge is -2.25. The molecule has 5 heteroatoms. The quantitative estimate of drug-likeness (QED) is 0.478. The van der Waals surface area contributed by atoms with Crippen molar-refractivity contribution < 1.29 is 9.47 Å². The molecule has 0 aliphatic heterocycles. The van der Waals surface area contributed by atoms with Crippen molar-refractivity contribution >= 4 is 17.3 Å². The van der Waals surface area contributed by atoms with Crippen molar-refractivity contribution in [2.24, 2.45) is 0 Å². The van der Waals surface area contributed by atoms with E-state index in [1.807, 2.05) is 0 Å². The predicted octanol–water partition coefficient (Wildman–Crippen LogP) is 1.65. The highest BCUT2D eigenvalue weighted by molar-refractivity contribution is 7.80. The number of methoxy groups -OCH3 is 2. The van der Waals surface area contributed by atoms with Gasteiger partial charge >= 0.3 is 0 Å². The lowest BCUT2D eigenvalue weighted by Crippen LogP contribution is -2.42. The molecule has 0 unspecified atom stereocenters. The Morgan fingerprint density at radius 3 is 2.41 bits per heavy atom. The van der Waals surface area contributed by atoms with Crippen LogP contribution in [0.1, 0.15) is 26.2 Å². The van der Waals surface area contributed by atoms with Gasteiger partial charge in [0.15, 0.2) is 5.11 Å². The van der Waals surface area contributed by atoms with E-state index in [1.54, 1.807) is 14.2 Å². The minimum atomic E-state index is 0.697. The zero-order valence-corrected chi connectivity index (χ0v) is 12.1. The first-order chi connectivity index (χ1) is 8.26. The fourth-order valence-electron chi connectivity index (χ4n) is 1.40. The highest BCUT2D eigenvalue weighted by Crippen LogP contribution is 1.95. The molecule has 0 aliphatic rings. The minimum absolute atomic E-state index is 0.697. The van der Waals surface area contributed by atoms with Gasteiger partial charge in [-0.05, 0) is 25.1 Å². The molecule has 0 saturated carbocycles. The SMILES string of the molecule is CCCCNC(=S)N(CCCOC)CCOC. The van der Waals surface area contributed by atoms with Crippen LogP contribution < -0.4 is 5.32 Å². The fraction of sp³-hybridized carbons (Fsp3) is 0.917. The molecule has 17 heavy (non-hydrogen) atoms. The third-order valence-corrected chi connectivity index (χ3v) is 2.84. The molecule has 0 saturated heterocycles. The first-order valence-corrected chi connectivity index (χ1v) is 6.67. The van der Waals surface area contributed by atoms with Gasteiger partial charge in [0.25, 0.3) is 0 Å². The van der Waals surface area contributed by atoms with Gasteiger partial charge in [0.1, 0.15) is 0 Å². The second-order valence-electron chi connectivity index (χ2n) is 3.91. The Kier molecular flexibility index (Phi) is 11.8. The summed E-state index contributed by atoms with van der Waals surface area (Å²) in [6.07, 6.45) is 3.31. The largest absolute Gasteiger partial charge is 0.385 e. The Morgan fingerprint density at radius 1 is 1.12 bits per heavy atom. The molecular weight excluding hydrogens is 236 g/mol. The first-order valence-electron chi connectivity index (χ1n) is 6.26. The lowest BCUT2D eigenvalue weighted by atomic mass is 10.3. The summed E-state index contributed by atoms with van der Waals surface area (Å²) in [6, 6.07) is 0. The van der Waals surface area contributed by atoms with Crippen LogP contribution in [0, 0.1) is 0 Å². The number of unbranched alkanes of at least 4 members (excludes halogenated alkanes) is 1. The van der Waals surface area contributed by atoms with Crippen LogP contribution >= 0.6 is 12.2 Å². The maximum absolute atomic E-state index is 5.37. The van der Waals surface area contributed by atoms with Gasteiger partial charge in [-0.3, -0.25) is 0 Å². The molecule has 0 atom stereocenters. The van der Waals surface area contributed by atoms with Crippen molar-refractivity contribution in [3.05, 3.63) is 0 Å². The molecule has 0 rings (SSSR count). The summed E-state index contributed by atoms with van der Waals surface area (Å²) < 4.78 is 10.1. The van der Waals surface area contributed by atoms with Crippen molar-refractivity contribution in [3.63, 3.8) is 0 Å². The van der Waals surface area contributed by atoms with Crippen molar-refractivity contribution in [3.8, 4) is 0 Å². The molecule has 0 aliphatic carbocycles. The van der Waals surface area contributed by atoms with Crippen LogP contribution in [0.4, 0.5) is 0 Å². The van der Waals surface area contributed by atoms with Crippen LogP contribution in [0.15, 0.2) is 0 Å². The Labute approximate surface area is 111 Å². The van der Waals surface area contributed by atoms with Gasteiger partial charge < -0.3 is 19.7 Å². The molecule has 0 aromatic carbocycles. The highest BCUT2D eigenvalue weighted by atomic mass is 32.1. The zero-order chi connectivity index (χ0) is 12.9. The normalized spacial score (nSPS) is 10.3. The molecule has 102 valence electrons. The average Bonchev–Trinajstić information content (AvgIpc) is 2.33. The average molecular weight is 262 g/mol. The molecule has 0 amide bonds. The van der Waals surface area contributed by atoms with Crippen molar-refractivity contribution in [1.29, 1.82) is 0 Å². The Bertz CT molecular complexity index is 191. The van der Waals surface area contributed by atoms with Crippen LogP contribution in [-0.2, 0) is 9.47 Å².